The van der Waals surface area contributed by atoms with Gasteiger partial charge in [0.2, 0.25) is 0 Å². The Morgan fingerprint density at radius 2 is 2.18 bits per heavy atom. The zero-order valence-electron chi connectivity index (χ0n) is 9.08. The summed E-state index contributed by atoms with van der Waals surface area (Å²) < 4.78 is 15.1. The molecule has 0 spiro atoms. The molecular formula is C12H10BrFN2O. The molecule has 0 aliphatic heterocycles. The predicted molar refractivity (Wildman–Crippen MR) is 67.5 cm³/mol. The molecule has 3 nitrogen and oxygen atoms in total. The summed E-state index contributed by atoms with van der Waals surface area (Å²) in [6, 6.07) is 7.62. The molecule has 0 aliphatic carbocycles. The third kappa shape index (κ3) is 2.55. The van der Waals surface area contributed by atoms with Crippen LogP contribution in [-0.2, 0) is 7.05 Å². The lowest BCUT2D eigenvalue weighted by Gasteiger charge is -2.08. The van der Waals surface area contributed by atoms with E-state index in [0.717, 1.165) is 0 Å². The van der Waals surface area contributed by atoms with Crippen molar-refractivity contribution in [1.29, 1.82) is 0 Å². The van der Waals surface area contributed by atoms with Gasteiger partial charge in [0.05, 0.1) is 5.69 Å². The fourth-order valence-electron chi connectivity index (χ4n) is 1.47. The molecule has 1 aromatic carbocycles. The molecule has 0 atom stereocenters. The van der Waals surface area contributed by atoms with Crippen LogP contribution < -0.4 is 5.32 Å². The third-order valence-corrected chi connectivity index (χ3v) is 3.01. The Morgan fingerprint density at radius 3 is 2.76 bits per heavy atom. The maximum Gasteiger partial charge on any atom is 0.272 e. The van der Waals surface area contributed by atoms with Crippen LogP contribution in [0.1, 0.15) is 10.5 Å². The second-order valence-electron chi connectivity index (χ2n) is 3.58. The van der Waals surface area contributed by atoms with Crippen molar-refractivity contribution < 1.29 is 9.18 Å². The SMILES string of the molecule is Cn1cccc1C(=O)Nc1ccc(F)cc1Br. The molecule has 1 N–H and O–H groups in total. The Bertz CT molecular complexity index is 565. The average molecular weight is 297 g/mol. The number of benzene rings is 1. The molecule has 1 amide bonds. The summed E-state index contributed by atoms with van der Waals surface area (Å²) in [6.45, 7) is 0. The van der Waals surface area contributed by atoms with E-state index in [-0.39, 0.29) is 11.7 Å². The molecule has 5 heteroatoms. The monoisotopic (exact) mass is 296 g/mol. The zero-order chi connectivity index (χ0) is 12.4. The van der Waals surface area contributed by atoms with Crippen LogP contribution in [0.4, 0.5) is 10.1 Å². The molecule has 0 aliphatic rings. The summed E-state index contributed by atoms with van der Waals surface area (Å²) in [7, 11) is 1.79. The van der Waals surface area contributed by atoms with E-state index in [2.05, 4.69) is 21.2 Å². The van der Waals surface area contributed by atoms with Crippen molar-refractivity contribution in [3.05, 3.63) is 52.5 Å². The van der Waals surface area contributed by atoms with Gasteiger partial charge in [0.25, 0.3) is 5.91 Å². The Kier molecular flexibility index (Phi) is 3.28. The predicted octanol–water partition coefficient (Wildman–Crippen LogP) is 3.18. The van der Waals surface area contributed by atoms with Crippen molar-refractivity contribution in [3.63, 3.8) is 0 Å². The number of carbonyl (C=O) groups is 1. The van der Waals surface area contributed by atoms with E-state index in [4.69, 9.17) is 0 Å². The van der Waals surface area contributed by atoms with Crippen LogP contribution in [0.3, 0.4) is 0 Å². The molecule has 0 bridgehead atoms. The van der Waals surface area contributed by atoms with Crippen molar-refractivity contribution in [2.75, 3.05) is 5.32 Å². The minimum Gasteiger partial charge on any atom is -0.347 e. The van der Waals surface area contributed by atoms with Crippen molar-refractivity contribution in [2.45, 2.75) is 0 Å². The minimum atomic E-state index is -0.353. The van der Waals surface area contributed by atoms with Gasteiger partial charge in [0, 0.05) is 17.7 Å². The number of hydrogen-bond acceptors (Lipinski definition) is 1. The van der Waals surface area contributed by atoms with E-state index in [1.165, 1.54) is 18.2 Å². The quantitative estimate of drug-likeness (QED) is 0.907. The lowest BCUT2D eigenvalue weighted by atomic mass is 10.3. The van der Waals surface area contributed by atoms with Gasteiger partial charge in [-0.1, -0.05) is 0 Å². The second kappa shape index (κ2) is 4.71. The topological polar surface area (TPSA) is 34.0 Å². The number of nitrogens with one attached hydrogen (secondary N) is 1. The first kappa shape index (κ1) is 11.9. The molecule has 0 saturated carbocycles. The van der Waals surface area contributed by atoms with Gasteiger partial charge >= 0.3 is 0 Å². The van der Waals surface area contributed by atoms with Gasteiger partial charge in [-0.05, 0) is 46.3 Å². The number of nitrogens with zero attached hydrogens (tertiary/aromatic N) is 1. The second-order valence-corrected chi connectivity index (χ2v) is 4.44. The minimum absolute atomic E-state index is 0.232. The van der Waals surface area contributed by atoms with Gasteiger partial charge in [-0.2, -0.15) is 0 Å². The Morgan fingerprint density at radius 1 is 1.41 bits per heavy atom. The number of aryl methyl sites for hydroxylation is 1. The summed E-state index contributed by atoms with van der Waals surface area (Å²) in [5.74, 6) is -0.585. The van der Waals surface area contributed by atoms with E-state index in [1.807, 2.05) is 0 Å². The average Bonchev–Trinajstić information content (AvgIpc) is 2.68. The number of aromatic nitrogens is 1. The highest BCUT2D eigenvalue weighted by Gasteiger charge is 2.10. The van der Waals surface area contributed by atoms with Crippen molar-refractivity contribution in [1.82, 2.24) is 4.57 Å². The van der Waals surface area contributed by atoms with Crippen LogP contribution in [0.25, 0.3) is 0 Å². The highest BCUT2D eigenvalue weighted by atomic mass is 79.9. The summed E-state index contributed by atoms with van der Waals surface area (Å²) >= 11 is 3.20. The molecule has 1 aromatic heterocycles. The highest BCUT2D eigenvalue weighted by Crippen LogP contribution is 2.23. The fourth-order valence-corrected chi connectivity index (χ4v) is 1.92. The number of carbonyl (C=O) groups excluding carboxylic acids is 1. The van der Waals surface area contributed by atoms with Gasteiger partial charge < -0.3 is 9.88 Å². The highest BCUT2D eigenvalue weighted by molar-refractivity contribution is 9.10. The van der Waals surface area contributed by atoms with Gasteiger partial charge in [-0.25, -0.2) is 4.39 Å². The Labute approximate surface area is 106 Å². The summed E-state index contributed by atoms with van der Waals surface area (Å²) in [5, 5.41) is 2.71. The smallest absolute Gasteiger partial charge is 0.272 e. The summed E-state index contributed by atoms with van der Waals surface area (Å²) in [6.07, 6.45) is 1.79. The maximum absolute atomic E-state index is 12.9. The molecule has 0 radical (unpaired) electrons. The first-order valence-corrected chi connectivity index (χ1v) is 5.75. The zero-order valence-corrected chi connectivity index (χ0v) is 10.7. The molecule has 2 rings (SSSR count). The van der Waals surface area contributed by atoms with Crippen LogP contribution in [0.2, 0.25) is 0 Å². The first-order chi connectivity index (χ1) is 8.08. The Hall–Kier alpha value is -1.62. The van der Waals surface area contributed by atoms with Gasteiger partial charge in [0.15, 0.2) is 0 Å². The maximum atomic E-state index is 12.9. The van der Waals surface area contributed by atoms with Gasteiger partial charge in [0.1, 0.15) is 11.5 Å². The molecule has 1 heterocycles. The molecular weight excluding hydrogens is 287 g/mol. The van der Waals surface area contributed by atoms with Crippen LogP contribution in [0.5, 0.6) is 0 Å². The molecule has 88 valence electrons. The van der Waals surface area contributed by atoms with Crippen LogP contribution in [-0.4, -0.2) is 10.5 Å². The van der Waals surface area contributed by atoms with Crippen molar-refractivity contribution in [2.24, 2.45) is 7.05 Å². The fraction of sp³-hybridized carbons (Fsp3) is 0.0833. The van der Waals surface area contributed by atoms with Gasteiger partial charge in [-0.3, -0.25) is 4.79 Å². The van der Waals surface area contributed by atoms with E-state index < -0.39 is 0 Å². The summed E-state index contributed by atoms with van der Waals surface area (Å²) in [5.41, 5.74) is 1.08. The lowest BCUT2D eigenvalue weighted by molar-refractivity contribution is 0.101. The third-order valence-electron chi connectivity index (χ3n) is 2.36. The van der Waals surface area contributed by atoms with Crippen LogP contribution in [0, 0.1) is 5.82 Å². The molecule has 0 fully saturated rings. The number of rotatable bonds is 2. The number of amides is 1. The standard InChI is InChI=1S/C12H10BrFN2O/c1-16-6-2-3-11(16)12(17)15-10-5-4-8(14)7-9(10)13/h2-7H,1H3,(H,15,17). The van der Waals surface area contributed by atoms with Crippen molar-refractivity contribution in [3.8, 4) is 0 Å². The lowest BCUT2D eigenvalue weighted by Crippen LogP contribution is -2.15. The van der Waals surface area contributed by atoms with Crippen LogP contribution in [0.15, 0.2) is 41.0 Å². The normalized spacial score (nSPS) is 10.3. The molecule has 17 heavy (non-hydrogen) atoms. The summed E-state index contributed by atoms with van der Waals surface area (Å²) in [4.78, 5) is 11.9. The number of halogens is 2. The van der Waals surface area contributed by atoms with Gasteiger partial charge in [-0.15, -0.1) is 0 Å². The van der Waals surface area contributed by atoms with Crippen LogP contribution >= 0.6 is 15.9 Å². The van der Waals surface area contributed by atoms with Crippen molar-refractivity contribution >= 4 is 27.5 Å². The number of anilines is 1. The van der Waals surface area contributed by atoms with E-state index >= 15 is 0 Å². The molecule has 2 aromatic rings. The largest absolute Gasteiger partial charge is 0.347 e. The first-order valence-electron chi connectivity index (χ1n) is 4.95. The Balaban J connectivity index is 2.22. The number of hydrogen-bond donors (Lipinski definition) is 1. The van der Waals surface area contributed by atoms with E-state index in [9.17, 15) is 9.18 Å². The molecule has 0 saturated heterocycles. The van der Waals surface area contributed by atoms with E-state index in [0.29, 0.717) is 15.9 Å². The molecule has 0 unspecified atom stereocenters. The van der Waals surface area contributed by atoms with E-state index in [1.54, 1.807) is 29.9 Å².